The molecule has 5 heteroatoms. The summed E-state index contributed by atoms with van der Waals surface area (Å²) >= 11 is 0. The molecule has 0 fully saturated rings. The lowest BCUT2D eigenvalue weighted by Crippen LogP contribution is -2.27. The van der Waals surface area contributed by atoms with Crippen molar-refractivity contribution >= 4 is 0 Å². The lowest BCUT2D eigenvalue weighted by atomic mass is 10.1. The Balaban J connectivity index is 2.91. The first-order valence-electron chi connectivity index (χ1n) is 5.96. The van der Waals surface area contributed by atoms with Crippen LogP contribution in [0.25, 0.3) is 0 Å². The topological polar surface area (TPSA) is 48.3 Å². The average Bonchev–Trinajstić information content (AvgIpc) is 2.69. The summed E-state index contributed by atoms with van der Waals surface area (Å²) in [6.45, 7) is 5.05. The Morgan fingerprint density at radius 1 is 1.47 bits per heavy atom. The van der Waals surface area contributed by atoms with E-state index in [1.807, 2.05) is 11.7 Å². The summed E-state index contributed by atoms with van der Waals surface area (Å²) in [5.74, 6) is 0.821. The molecule has 0 amide bonds. The predicted molar refractivity (Wildman–Crippen MR) is 67.3 cm³/mol. The van der Waals surface area contributed by atoms with Crippen LogP contribution in [0.3, 0.4) is 0 Å². The van der Waals surface area contributed by atoms with Gasteiger partial charge in [-0.25, -0.2) is 0 Å². The highest BCUT2D eigenvalue weighted by molar-refractivity contribution is 5.28. The van der Waals surface area contributed by atoms with Crippen molar-refractivity contribution in [3.63, 3.8) is 0 Å². The maximum Gasteiger partial charge on any atom is 0.161 e. The highest BCUT2D eigenvalue weighted by Crippen LogP contribution is 2.27. The molecule has 1 rings (SSSR count). The maximum absolute atomic E-state index is 5.34. The third kappa shape index (κ3) is 3.44. The van der Waals surface area contributed by atoms with Crippen LogP contribution in [0.15, 0.2) is 6.20 Å². The lowest BCUT2D eigenvalue weighted by molar-refractivity contribution is 0.0993. The quantitative estimate of drug-likeness (QED) is 0.786. The lowest BCUT2D eigenvalue weighted by Gasteiger charge is -2.22. The summed E-state index contributed by atoms with van der Waals surface area (Å²) in [4.78, 5) is 0. The maximum atomic E-state index is 5.34. The fraction of sp³-hybridized carbons (Fsp3) is 0.750. The van der Waals surface area contributed by atoms with Crippen LogP contribution in [-0.4, -0.2) is 36.6 Å². The van der Waals surface area contributed by atoms with Crippen LogP contribution < -0.4 is 10.1 Å². The van der Waals surface area contributed by atoms with Crippen LogP contribution >= 0.6 is 0 Å². The number of ether oxygens (including phenoxy) is 2. The van der Waals surface area contributed by atoms with Gasteiger partial charge in [0.2, 0.25) is 0 Å². The molecule has 0 radical (unpaired) electrons. The molecule has 17 heavy (non-hydrogen) atoms. The summed E-state index contributed by atoms with van der Waals surface area (Å²) in [7, 11) is 5.33. The van der Waals surface area contributed by atoms with Crippen molar-refractivity contribution in [1.82, 2.24) is 15.1 Å². The third-order valence-electron chi connectivity index (χ3n) is 2.92. The third-order valence-corrected chi connectivity index (χ3v) is 2.92. The van der Waals surface area contributed by atoms with Crippen molar-refractivity contribution in [2.24, 2.45) is 7.05 Å². The molecule has 98 valence electrons. The number of rotatable bonds is 7. The van der Waals surface area contributed by atoms with E-state index >= 15 is 0 Å². The van der Waals surface area contributed by atoms with Crippen molar-refractivity contribution < 1.29 is 9.47 Å². The highest BCUT2D eigenvalue weighted by Gasteiger charge is 2.21. The zero-order chi connectivity index (χ0) is 12.8. The standard InChI is InChI=1S/C12H23N3O2/c1-6-13-10(7-9(2)16-4)12-11(17-5)8-14-15(12)3/h8-10,13H,6-7H2,1-5H3. The molecule has 1 aromatic rings. The van der Waals surface area contributed by atoms with Crippen molar-refractivity contribution in [2.45, 2.75) is 32.4 Å². The SMILES string of the molecule is CCNC(CC(C)OC)c1c(OC)cnn1C. The van der Waals surface area contributed by atoms with Gasteiger partial charge in [0.15, 0.2) is 5.75 Å². The molecule has 2 unspecified atom stereocenters. The highest BCUT2D eigenvalue weighted by atomic mass is 16.5. The number of hydrogen-bond acceptors (Lipinski definition) is 4. The molecule has 0 aliphatic rings. The minimum Gasteiger partial charge on any atom is -0.493 e. The molecule has 0 bridgehead atoms. The minimum absolute atomic E-state index is 0.192. The Hall–Kier alpha value is -1.07. The molecule has 0 saturated carbocycles. The molecule has 0 aliphatic heterocycles. The van der Waals surface area contributed by atoms with Crippen LogP contribution in [-0.2, 0) is 11.8 Å². The number of nitrogens with zero attached hydrogens (tertiary/aromatic N) is 2. The van der Waals surface area contributed by atoms with Crippen molar-refractivity contribution in [2.75, 3.05) is 20.8 Å². The first-order chi connectivity index (χ1) is 8.13. The van der Waals surface area contributed by atoms with Gasteiger partial charge in [-0.2, -0.15) is 5.10 Å². The van der Waals surface area contributed by atoms with Gasteiger partial charge in [-0.1, -0.05) is 6.92 Å². The molecule has 1 N–H and O–H groups in total. The van der Waals surface area contributed by atoms with Gasteiger partial charge < -0.3 is 14.8 Å². The first kappa shape index (κ1) is 14.0. The van der Waals surface area contributed by atoms with Gasteiger partial charge in [-0.05, 0) is 19.9 Å². The average molecular weight is 241 g/mol. The van der Waals surface area contributed by atoms with E-state index in [4.69, 9.17) is 9.47 Å². The Bertz CT molecular complexity index is 338. The zero-order valence-electron chi connectivity index (χ0n) is 11.4. The number of nitrogens with one attached hydrogen (secondary N) is 1. The molecular weight excluding hydrogens is 218 g/mol. The second-order valence-corrected chi connectivity index (χ2v) is 4.11. The van der Waals surface area contributed by atoms with E-state index < -0.39 is 0 Å². The van der Waals surface area contributed by atoms with Gasteiger partial charge in [0.1, 0.15) is 0 Å². The second-order valence-electron chi connectivity index (χ2n) is 4.11. The summed E-state index contributed by atoms with van der Waals surface area (Å²) in [6, 6.07) is 0.192. The Morgan fingerprint density at radius 3 is 2.71 bits per heavy atom. The van der Waals surface area contributed by atoms with Crippen molar-refractivity contribution in [3.8, 4) is 5.75 Å². The van der Waals surface area contributed by atoms with Crippen LogP contribution in [0.2, 0.25) is 0 Å². The summed E-state index contributed by atoms with van der Waals surface area (Å²) in [5.41, 5.74) is 1.07. The van der Waals surface area contributed by atoms with Gasteiger partial charge >= 0.3 is 0 Å². The molecule has 5 nitrogen and oxygen atoms in total. The Morgan fingerprint density at radius 2 is 2.18 bits per heavy atom. The second kappa shape index (κ2) is 6.61. The van der Waals surface area contributed by atoms with Crippen molar-refractivity contribution in [1.29, 1.82) is 0 Å². The van der Waals surface area contributed by atoms with Crippen LogP contribution in [0.4, 0.5) is 0 Å². The van der Waals surface area contributed by atoms with Crippen LogP contribution in [0.5, 0.6) is 5.75 Å². The molecule has 0 spiro atoms. The van der Waals surface area contributed by atoms with Gasteiger partial charge in [0.25, 0.3) is 0 Å². The fourth-order valence-electron chi connectivity index (χ4n) is 1.95. The number of methoxy groups -OCH3 is 2. The molecular formula is C12H23N3O2. The van der Waals surface area contributed by atoms with Crippen molar-refractivity contribution in [3.05, 3.63) is 11.9 Å². The first-order valence-corrected chi connectivity index (χ1v) is 5.96. The van der Waals surface area contributed by atoms with Crippen LogP contribution in [0, 0.1) is 0 Å². The molecule has 0 aliphatic carbocycles. The van der Waals surface area contributed by atoms with E-state index in [1.165, 1.54) is 0 Å². The van der Waals surface area contributed by atoms with Gasteiger partial charge in [-0.15, -0.1) is 0 Å². The predicted octanol–water partition coefficient (Wildman–Crippen LogP) is 1.50. The van der Waals surface area contributed by atoms with E-state index in [0.29, 0.717) is 0 Å². The smallest absolute Gasteiger partial charge is 0.161 e. The Labute approximate surface area is 103 Å². The normalized spacial score (nSPS) is 14.6. The van der Waals surface area contributed by atoms with Gasteiger partial charge in [-0.3, -0.25) is 4.68 Å². The number of hydrogen-bond donors (Lipinski definition) is 1. The summed E-state index contributed by atoms with van der Waals surface area (Å²) in [5, 5.41) is 7.68. The monoisotopic (exact) mass is 241 g/mol. The molecule has 0 aromatic carbocycles. The summed E-state index contributed by atoms with van der Waals surface area (Å²) in [6.07, 6.45) is 2.83. The molecule has 1 heterocycles. The van der Waals surface area contributed by atoms with E-state index in [-0.39, 0.29) is 12.1 Å². The minimum atomic E-state index is 0.192. The molecule has 0 saturated heterocycles. The summed E-state index contributed by atoms with van der Waals surface area (Å²) < 4.78 is 12.5. The molecule has 1 aromatic heterocycles. The molecule has 2 atom stereocenters. The number of aryl methyl sites for hydroxylation is 1. The largest absolute Gasteiger partial charge is 0.493 e. The van der Waals surface area contributed by atoms with Gasteiger partial charge in [0.05, 0.1) is 31.1 Å². The van der Waals surface area contributed by atoms with E-state index in [1.54, 1.807) is 20.4 Å². The zero-order valence-corrected chi connectivity index (χ0v) is 11.4. The van der Waals surface area contributed by atoms with Gasteiger partial charge in [0, 0.05) is 14.2 Å². The van der Waals surface area contributed by atoms with E-state index in [9.17, 15) is 0 Å². The fourth-order valence-corrected chi connectivity index (χ4v) is 1.95. The van der Waals surface area contributed by atoms with E-state index in [2.05, 4.69) is 24.3 Å². The van der Waals surface area contributed by atoms with E-state index in [0.717, 1.165) is 24.4 Å². The Kier molecular flexibility index (Phi) is 5.44. The van der Waals surface area contributed by atoms with Crippen LogP contribution in [0.1, 0.15) is 32.0 Å². The number of aromatic nitrogens is 2.